The van der Waals surface area contributed by atoms with Crippen LogP contribution in [0.3, 0.4) is 0 Å². The van der Waals surface area contributed by atoms with E-state index in [9.17, 15) is 0 Å². The highest BCUT2D eigenvalue weighted by Gasteiger charge is 2.12. The molecule has 0 heterocycles. The average Bonchev–Trinajstić information content (AvgIpc) is 2.38. The molecule has 0 radical (unpaired) electrons. The van der Waals surface area contributed by atoms with Crippen molar-refractivity contribution in [2.45, 2.75) is 46.1 Å². The van der Waals surface area contributed by atoms with Gasteiger partial charge in [-0.3, -0.25) is 0 Å². The van der Waals surface area contributed by atoms with Crippen molar-refractivity contribution in [3.8, 4) is 5.75 Å². The highest BCUT2D eigenvalue weighted by molar-refractivity contribution is 5.29. The van der Waals surface area contributed by atoms with Crippen molar-refractivity contribution >= 4 is 0 Å². The predicted octanol–water partition coefficient (Wildman–Crippen LogP) is 3.91. The van der Waals surface area contributed by atoms with Crippen molar-refractivity contribution < 1.29 is 4.74 Å². The fourth-order valence-electron chi connectivity index (χ4n) is 1.70. The molecule has 2 unspecified atom stereocenters. The molecule has 0 spiro atoms. The zero-order valence-corrected chi connectivity index (χ0v) is 11.3. The summed E-state index contributed by atoms with van der Waals surface area (Å²) in [6.07, 6.45) is 3.38. The van der Waals surface area contributed by atoms with E-state index in [1.165, 1.54) is 5.56 Å². The van der Waals surface area contributed by atoms with Gasteiger partial charge in [0.1, 0.15) is 5.75 Å². The van der Waals surface area contributed by atoms with E-state index < -0.39 is 0 Å². The Morgan fingerprint density at radius 3 is 2.35 bits per heavy atom. The van der Waals surface area contributed by atoms with Crippen LogP contribution in [0.25, 0.3) is 0 Å². The number of ether oxygens (including phenoxy) is 1. The van der Waals surface area contributed by atoms with Crippen LogP contribution in [0.4, 0.5) is 0 Å². The van der Waals surface area contributed by atoms with E-state index in [1.54, 1.807) is 0 Å². The number of unbranched alkanes of at least 4 members (excludes halogenated alkanes) is 1. The summed E-state index contributed by atoms with van der Waals surface area (Å²) in [6.45, 7) is 7.33. The summed E-state index contributed by atoms with van der Waals surface area (Å²) in [5.74, 6) is 1.46. The first-order valence-corrected chi connectivity index (χ1v) is 6.67. The Labute approximate surface area is 105 Å². The Kier molecular flexibility index (Phi) is 6.06. The molecule has 0 aliphatic carbocycles. The Morgan fingerprint density at radius 1 is 1.18 bits per heavy atom. The molecule has 1 aromatic rings. The average molecular weight is 235 g/mol. The summed E-state index contributed by atoms with van der Waals surface area (Å²) in [5, 5.41) is 0. The fourth-order valence-corrected chi connectivity index (χ4v) is 1.70. The number of hydrogen-bond acceptors (Lipinski definition) is 2. The van der Waals surface area contributed by atoms with E-state index in [0.29, 0.717) is 5.92 Å². The number of nitrogens with two attached hydrogens (primary N) is 1. The first-order valence-electron chi connectivity index (χ1n) is 6.67. The van der Waals surface area contributed by atoms with E-state index in [2.05, 4.69) is 32.9 Å². The SMILES string of the molecule is CCCCOc1ccc(C(N)C(C)CC)cc1. The van der Waals surface area contributed by atoms with E-state index in [-0.39, 0.29) is 6.04 Å². The summed E-state index contributed by atoms with van der Waals surface area (Å²) in [6, 6.07) is 8.33. The van der Waals surface area contributed by atoms with Gasteiger partial charge in [0.2, 0.25) is 0 Å². The molecule has 1 aromatic carbocycles. The summed E-state index contributed by atoms with van der Waals surface area (Å²) in [4.78, 5) is 0. The molecule has 2 atom stereocenters. The smallest absolute Gasteiger partial charge is 0.119 e. The maximum absolute atomic E-state index is 6.18. The highest BCUT2D eigenvalue weighted by atomic mass is 16.5. The summed E-state index contributed by atoms with van der Waals surface area (Å²) in [5.41, 5.74) is 7.38. The summed E-state index contributed by atoms with van der Waals surface area (Å²) in [7, 11) is 0. The van der Waals surface area contributed by atoms with Crippen LogP contribution in [0.2, 0.25) is 0 Å². The van der Waals surface area contributed by atoms with Gasteiger partial charge in [0.15, 0.2) is 0 Å². The Morgan fingerprint density at radius 2 is 1.82 bits per heavy atom. The molecular formula is C15H25NO. The predicted molar refractivity (Wildman–Crippen MR) is 73.2 cm³/mol. The molecule has 0 amide bonds. The Hall–Kier alpha value is -1.02. The second kappa shape index (κ2) is 7.33. The molecule has 0 saturated heterocycles. The van der Waals surface area contributed by atoms with Crippen LogP contribution in [0.5, 0.6) is 5.75 Å². The van der Waals surface area contributed by atoms with Crippen molar-refractivity contribution in [2.24, 2.45) is 11.7 Å². The van der Waals surface area contributed by atoms with E-state index in [0.717, 1.165) is 31.6 Å². The molecule has 0 aromatic heterocycles. The molecule has 96 valence electrons. The lowest BCUT2D eigenvalue weighted by Gasteiger charge is -2.18. The van der Waals surface area contributed by atoms with Crippen LogP contribution in [0.15, 0.2) is 24.3 Å². The largest absolute Gasteiger partial charge is 0.494 e. The zero-order valence-electron chi connectivity index (χ0n) is 11.3. The third-order valence-corrected chi connectivity index (χ3v) is 3.29. The van der Waals surface area contributed by atoms with Gasteiger partial charge in [-0.05, 0) is 30.0 Å². The van der Waals surface area contributed by atoms with Crippen LogP contribution >= 0.6 is 0 Å². The van der Waals surface area contributed by atoms with E-state index in [1.807, 2.05) is 12.1 Å². The van der Waals surface area contributed by atoms with E-state index >= 15 is 0 Å². The van der Waals surface area contributed by atoms with Crippen molar-refractivity contribution in [2.75, 3.05) is 6.61 Å². The maximum atomic E-state index is 6.18. The molecule has 2 nitrogen and oxygen atoms in total. The van der Waals surface area contributed by atoms with Crippen LogP contribution < -0.4 is 10.5 Å². The first kappa shape index (κ1) is 14.0. The maximum Gasteiger partial charge on any atom is 0.119 e. The molecule has 2 N–H and O–H groups in total. The fraction of sp³-hybridized carbons (Fsp3) is 0.600. The minimum atomic E-state index is 0.129. The van der Waals surface area contributed by atoms with Gasteiger partial charge < -0.3 is 10.5 Å². The van der Waals surface area contributed by atoms with Crippen molar-refractivity contribution in [1.29, 1.82) is 0 Å². The van der Waals surface area contributed by atoms with Gasteiger partial charge in [-0.1, -0.05) is 45.7 Å². The quantitative estimate of drug-likeness (QED) is 0.727. The normalized spacial score (nSPS) is 14.4. The standard InChI is InChI=1S/C15H25NO/c1-4-6-11-17-14-9-7-13(8-10-14)15(16)12(3)5-2/h7-10,12,15H,4-6,11,16H2,1-3H3. The van der Waals surface area contributed by atoms with Crippen molar-refractivity contribution in [1.82, 2.24) is 0 Å². The van der Waals surface area contributed by atoms with Gasteiger partial charge in [0.25, 0.3) is 0 Å². The molecule has 1 rings (SSSR count). The van der Waals surface area contributed by atoms with Crippen LogP contribution in [-0.4, -0.2) is 6.61 Å². The number of benzene rings is 1. The van der Waals surface area contributed by atoms with Gasteiger partial charge in [-0.25, -0.2) is 0 Å². The van der Waals surface area contributed by atoms with Crippen LogP contribution in [0, 0.1) is 5.92 Å². The molecule has 0 fully saturated rings. The minimum absolute atomic E-state index is 0.129. The zero-order chi connectivity index (χ0) is 12.7. The first-order chi connectivity index (χ1) is 8.19. The molecular weight excluding hydrogens is 210 g/mol. The molecule has 0 bridgehead atoms. The Balaban J connectivity index is 2.55. The van der Waals surface area contributed by atoms with Gasteiger partial charge in [0, 0.05) is 6.04 Å². The topological polar surface area (TPSA) is 35.2 Å². The second-order valence-electron chi connectivity index (χ2n) is 4.68. The lowest BCUT2D eigenvalue weighted by Crippen LogP contribution is -2.18. The molecule has 0 saturated carbocycles. The van der Waals surface area contributed by atoms with Crippen LogP contribution in [-0.2, 0) is 0 Å². The molecule has 0 aliphatic heterocycles. The van der Waals surface area contributed by atoms with Gasteiger partial charge >= 0.3 is 0 Å². The van der Waals surface area contributed by atoms with Crippen molar-refractivity contribution in [3.05, 3.63) is 29.8 Å². The summed E-state index contributed by atoms with van der Waals surface area (Å²) >= 11 is 0. The number of hydrogen-bond donors (Lipinski definition) is 1. The molecule has 17 heavy (non-hydrogen) atoms. The van der Waals surface area contributed by atoms with Gasteiger partial charge in [-0.2, -0.15) is 0 Å². The highest BCUT2D eigenvalue weighted by Crippen LogP contribution is 2.23. The third kappa shape index (κ3) is 4.39. The van der Waals surface area contributed by atoms with Gasteiger partial charge in [0.05, 0.1) is 6.61 Å². The van der Waals surface area contributed by atoms with Crippen LogP contribution in [0.1, 0.15) is 51.6 Å². The monoisotopic (exact) mass is 235 g/mol. The molecule has 2 heteroatoms. The third-order valence-electron chi connectivity index (χ3n) is 3.29. The second-order valence-corrected chi connectivity index (χ2v) is 4.68. The number of rotatable bonds is 7. The lowest BCUT2D eigenvalue weighted by molar-refractivity contribution is 0.309. The lowest BCUT2D eigenvalue weighted by atomic mass is 9.93. The van der Waals surface area contributed by atoms with E-state index in [4.69, 9.17) is 10.5 Å². The minimum Gasteiger partial charge on any atom is -0.494 e. The Bertz CT molecular complexity index is 307. The van der Waals surface area contributed by atoms with Crippen molar-refractivity contribution in [3.63, 3.8) is 0 Å². The summed E-state index contributed by atoms with van der Waals surface area (Å²) < 4.78 is 5.63. The van der Waals surface area contributed by atoms with Gasteiger partial charge in [-0.15, -0.1) is 0 Å². The molecule has 0 aliphatic rings.